The molecule has 0 saturated heterocycles. The fourth-order valence-corrected chi connectivity index (χ4v) is 1.71. The van der Waals surface area contributed by atoms with Crippen LogP contribution in [0, 0.1) is 0 Å². The Bertz CT molecular complexity index is 468. The summed E-state index contributed by atoms with van der Waals surface area (Å²) in [6.45, 7) is -0.158. The highest BCUT2D eigenvalue weighted by molar-refractivity contribution is 6.04. The third-order valence-electron chi connectivity index (χ3n) is 2.52. The van der Waals surface area contributed by atoms with Crippen molar-refractivity contribution in [2.24, 2.45) is 10.8 Å². The quantitative estimate of drug-likeness (QED) is 0.822. The zero-order valence-electron chi connectivity index (χ0n) is 9.30. The monoisotopic (exact) mass is 231 g/mol. The van der Waals surface area contributed by atoms with Crippen LogP contribution in [0.5, 0.6) is 0 Å². The van der Waals surface area contributed by atoms with Crippen LogP contribution < -0.4 is 5.73 Å². The number of nitrogens with zero attached hydrogens (tertiary/aromatic N) is 2. The smallest absolute Gasteiger partial charge is 0.243 e. The normalized spacial score (nSPS) is 15.6. The summed E-state index contributed by atoms with van der Waals surface area (Å²) in [5, 5.41) is 5.32. The predicted octanol–water partition coefficient (Wildman–Crippen LogP) is 0.498. The van der Waals surface area contributed by atoms with Crippen LogP contribution >= 0.6 is 0 Å². The maximum atomic E-state index is 11.5. The number of amides is 2. The Balaban J connectivity index is 2.24. The van der Waals surface area contributed by atoms with Crippen molar-refractivity contribution in [1.29, 1.82) is 0 Å². The van der Waals surface area contributed by atoms with Gasteiger partial charge in [-0.15, -0.1) is 0 Å². The largest absolute Gasteiger partial charge is 0.368 e. The number of carbonyl (C=O) groups is 2. The number of hydrogen-bond acceptors (Lipinski definition) is 3. The minimum Gasteiger partial charge on any atom is -0.368 e. The number of benzene rings is 1. The summed E-state index contributed by atoms with van der Waals surface area (Å²) in [6, 6.07) is 9.59. The third kappa shape index (κ3) is 2.69. The van der Waals surface area contributed by atoms with Gasteiger partial charge in [0.05, 0.1) is 5.71 Å². The van der Waals surface area contributed by atoms with E-state index in [1.54, 1.807) is 0 Å². The van der Waals surface area contributed by atoms with E-state index in [0.29, 0.717) is 12.8 Å². The molecule has 0 radical (unpaired) electrons. The lowest BCUT2D eigenvalue weighted by Crippen LogP contribution is -2.38. The molecule has 1 aromatic rings. The molecule has 1 aliphatic heterocycles. The maximum absolute atomic E-state index is 11.5. The van der Waals surface area contributed by atoms with Gasteiger partial charge in [-0.25, -0.2) is 5.01 Å². The summed E-state index contributed by atoms with van der Waals surface area (Å²) in [5.74, 6) is -0.722. The minimum absolute atomic E-state index is 0.158. The highest BCUT2D eigenvalue weighted by Gasteiger charge is 2.22. The van der Waals surface area contributed by atoms with E-state index in [4.69, 9.17) is 5.73 Å². The number of primary amides is 1. The molecule has 2 rings (SSSR count). The molecule has 1 aromatic carbocycles. The van der Waals surface area contributed by atoms with Crippen LogP contribution in [0.25, 0.3) is 0 Å². The molecule has 0 aliphatic carbocycles. The molecule has 17 heavy (non-hydrogen) atoms. The molecule has 2 N–H and O–H groups in total. The average molecular weight is 231 g/mol. The first kappa shape index (κ1) is 11.3. The zero-order chi connectivity index (χ0) is 12.3. The molecule has 0 bridgehead atoms. The van der Waals surface area contributed by atoms with Gasteiger partial charge in [0, 0.05) is 12.8 Å². The second-order valence-corrected chi connectivity index (χ2v) is 3.83. The molecule has 0 unspecified atom stereocenters. The fraction of sp³-hybridized carbons (Fsp3) is 0.250. The summed E-state index contributed by atoms with van der Waals surface area (Å²) in [7, 11) is 0. The number of rotatable bonds is 3. The number of nitrogens with two attached hydrogens (primary N) is 1. The predicted molar refractivity (Wildman–Crippen MR) is 63.1 cm³/mol. The van der Waals surface area contributed by atoms with Gasteiger partial charge in [0.25, 0.3) is 0 Å². The molecule has 0 spiro atoms. The van der Waals surface area contributed by atoms with Crippen LogP contribution in [0.1, 0.15) is 18.4 Å². The lowest BCUT2D eigenvalue weighted by Gasteiger charge is -2.22. The van der Waals surface area contributed by atoms with E-state index >= 15 is 0 Å². The fourth-order valence-electron chi connectivity index (χ4n) is 1.71. The first-order chi connectivity index (χ1) is 8.16. The summed E-state index contributed by atoms with van der Waals surface area (Å²) >= 11 is 0. The molecule has 0 atom stereocenters. The Labute approximate surface area is 98.9 Å². The second-order valence-electron chi connectivity index (χ2n) is 3.83. The second kappa shape index (κ2) is 4.78. The summed E-state index contributed by atoms with van der Waals surface area (Å²) in [4.78, 5) is 22.3. The van der Waals surface area contributed by atoms with Crippen LogP contribution in [-0.2, 0) is 9.59 Å². The van der Waals surface area contributed by atoms with E-state index in [2.05, 4.69) is 5.10 Å². The number of carbonyl (C=O) groups excluding carboxylic acids is 2. The van der Waals surface area contributed by atoms with Crippen LogP contribution in [0.2, 0.25) is 0 Å². The van der Waals surface area contributed by atoms with Crippen molar-refractivity contribution in [3.8, 4) is 0 Å². The lowest BCUT2D eigenvalue weighted by atomic mass is 10.0. The highest BCUT2D eigenvalue weighted by atomic mass is 16.2. The summed E-state index contributed by atoms with van der Waals surface area (Å²) < 4.78 is 0. The van der Waals surface area contributed by atoms with Gasteiger partial charge in [0.15, 0.2) is 0 Å². The zero-order valence-corrected chi connectivity index (χ0v) is 9.30. The van der Waals surface area contributed by atoms with Gasteiger partial charge in [0.2, 0.25) is 11.8 Å². The molecule has 88 valence electrons. The van der Waals surface area contributed by atoms with Crippen molar-refractivity contribution in [2.75, 3.05) is 6.54 Å². The standard InChI is InChI=1S/C12H13N3O2/c13-11(16)8-15-12(17)7-6-10(14-15)9-4-2-1-3-5-9/h1-5H,6-8H2,(H2,13,16). The van der Waals surface area contributed by atoms with Crippen molar-refractivity contribution in [3.63, 3.8) is 0 Å². The van der Waals surface area contributed by atoms with Gasteiger partial charge in [-0.05, 0) is 5.56 Å². The molecule has 5 nitrogen and oxygen atoms in total. The van der Waals surface area contributed by atoms with Gasteiger partial charge in [-0.1, -0.05) is 30.3 Å². The van der Waals surface area contributed by atoms with Gasteiger partial charge in [-0.3, -0.25) is 9.59 Å². The third-order valence-corrected chi connectivity index (χ3v) is 2.52. The number of hydrazone groups is 1. The Morgan fingerprint density at radius 3 is 2.65 bits per heavy atom. The van der Waals surface area contributed by atoms with Gasteiger partial charge < -0.3 is 5.73 Å². The molecular weight excluding hydrogens is 218 g/mol. The summed E-state index contributed by atoms with van der Waals surface area (Å²) in [6.07, 6.45) is 0.957. The van der Waals surface area contributed by atoms with Crippen molar-refractivity contribution in [3.05, 3.63) is 35.9 Å². The van der Waals surface area contributed by atoms with Crippen LogP contribution in [0.15, 0.2) is 35.4 Å². The first-order valence-electron chi connectivity index (χ1n) is 5.38. The Hall–Kier alpha value is -2.17. The van der Waals surface area contributed by atoms with E-state index in [1.165, 1.54) is 0 Å². The maximum Gasteiger partial charge on any atom is 0.243 e. The number of hydrogen-bond donors (Lipinski definition) is 1. The van der Waals surface area contributed by atoms with Crippen LogP contribution in [0.3, 0.4) is 0 Å². The van der Waals surface area contributed by atoms with Crippen LogP contribution in [-0.4, -0.2) is 29.1 Å². The van der Waals surface area contributed by atoms with E-state index < -0.39 is 5.91 Å². The molecular formula is C12H13N3O2. The molecule has 1 heterocycles. The van der Waals surface area contributed by atoms with Gasteiger partial charge in [-0.2, -0.15) is 5.10 Å². The average Bonchev–Trinajstić information content (AvgIpc) is 2.32. The molecule has 2 amide bonds. The van der Waals surface area contributed by atoms with Crippen molar-refractivity contribution in [1.82, 2.24) is 5.01 Å². The van der Waals surface area contributed by atoms with Gasteiger partial charge >= 0.3 is 0 Å². The highest BCUT2D eigenvalue weighted by Crippen LogP contribution is 2.14. The Morgan fingerprint density at radius 2 is 2.00 bits per heavy atom. The SMILES string of the molecule is NC(=O)CN1N=C(c2ccccc2)CCC1=O. The first-order valence-corrected chi connectivity index (χ1v) is 5.38. The van der Waals surface area contributed by atoms with E-state index in [1.807, 2.05) is 30.3 Å². The molecule has 0 fully saturated rings. The van der Waals surface area contributed by atoms with Gasteiger partial charge in [0.1, 0.15) is 6.54 Å². The lowest BCUT2D eigenvalue weighted by molar-refractivity contribution is -0.135. The molecule has 5 heteroatoms. The molecule has 0 saturated carbocycles. The minimum atomic E-state index is -0.559. The van der Waals surface area contributed by atoms with Crippen LogP contribution in [0.4, 0.5) is 0 Å². The van der Waals surface area contributed by atoms with E-state index in [-0.39, 0.29) is 12.5 Å². The molecule has 1 aliphatic rings. The van der Waals surface area contributed by atoms with Crippen molar-refractivity contribution in [2.45, 2.75) is 12.8 Å². The van der Waals surface area contributed by atoms with E-state index in [9.17, 15) is 9.59 Å². The molecule has 0 aromatic heterocycles. The van der Waals surface area contributed by atoms with E-state index in [0.717, 1.165) is 16.3 Å². The Morgan fingerprint density at radius 1 is 1.29 bits per heavy atom. The van der Waals surface area contributed by atoms with Crippen molar-refractivity contribution >= 4 is 17.5 Å². The summed E-state index contributed by atoms with van der Waals surface area (Å²) in [5.41, 5.74) is 6.85. The van der Waals surface area contributed by atoms with Crippen molar-refractivity contribution < 1.29 is 9.59 Å². The topological polar surface area (TPSA) is 75.8 Å². The Kier molecular flexibility index (Phi) is 3.18.